The molecule has 1 aliphatic heterocycles. The summed E-state index contributed by atoms with van der Waals surface area (Å²) in [6, 6.07) is 0.167. The number of hydrogen-bond acceptors (Lipinski definition) is 3. The molecule has 1 aliphatic rings. The molecule has 0 radical (unpaired) electrons. The standard InChI is InChI=1S/C10H20N2O2/c1-3-9(7-14-2)12-10(13)4-8-5-11-6-8/h8-9,11H,3-7H2,1-2H3,(H,12,13). The lowest BCUT2D eigenvalue weighted by molar-refractivity contribution is -0.123. The van der Waals surface area contributed by atoms with Crippen molar-refractivity contribution in [1.29, 1.82) is 0 Å². The molecule has 1 fully saturated rings. The summed E-state index contributed by atoms with van der Waals surface area (Å²) in [4.78, 5) is 11.5. The van der Waals surface area contributed by atoms with Crippen molar-refractivity contribution in [3.8, 4) is 0 Å². The first kappa shape index (κ1) is 11.5. The van der Waals surface area contributed by atoms with Gasteiger partial charge in [-0.3, -0.25) is 4.79 Å². The Kier molecular flexibility index (Phi) is 4.90. The fraction of sp³-hybridized carbons (Fsp3) is 0.900. The first-order chi connectivity index (χ1) is 6.76. The molecular weight excluding hydrogens is 180 g/mol. The molecule has 0 spiro atoms. The number of rotatable bonds is 6. The molecule has 0 aromatic carbocycles. The molecule has 4 nitrogen and oxygen atoms in total. The molecule has 0 saturated carbocycles. The number of hydrogen-bond donors (Lipinski definition) is 2. The normalized spacial score (nSPS) is 18.7. The van der Waals surface area contributed by atoms with Crippen molar-refractivity contribution in [3.63, 3.8) is 0 Å². The molecule has 14 heavy (non-hydrogen) atoms. The molecule has 82 valence electrons. The van der Waals surface area contributed by atoms with E-state index >= 15 is 0 Å². The number of methoxy groups -OCH3 is 1. The van der Waals surface area contributed by atoms with Crippen LogP contribution < -0.4 is 10.6 Å². The van der Waals surface area contributed by atoms with Crippen LogP contribution in [-0.2, 0) is 9.53 Å². The Bertz CT molecular complexity index is 181. The molecule has 1 unspecified atom stereocenters. The van der Waals surface area contributed by atoms with Crippen molar-refractivity contribution in [2.75, 3.05) is 26.8 Å². The van der Waals surface area contributed by atoms with Gasteiger partial charge in [0.05, 0.1) is 12.6 Å². The first-order valence-electron chi connectivity index (χ1n) is 5.25. The molecule has 0 aliphatic carbocycles. The monoisotopic (exact) mass is 200 g/mol. The number of carbonyl (C=O) groups is 1. The highest BCUT2D eigenvalue weighted by atomic mass is 16.5. The van der Waals surface area contributed by atoms with Crippen LogP contribution in [0.1, 0.15) is 19.8 Å². The first-order valence-corrected chi connectivity index (χ1v) is 5.25. The molecule has 0 aromatic heterocycles. The second kappa shape index (κ2) is 5.98. The minimum absolute atomic E-state index is 0.153. The van der Waals surface area contributed by atoms with E-state index in [2.05, 4.69) is 17.6 Å². The van der Waals surface area contributed by atoms with Crippen molar-refractivity contribution < 1.29 is 9.53 Å². The number of nitrogens with one attached hydrogen (secondary N) is 2. The third kappa shape index (κ3) is 3.64. The van der Waals surface area contributed by atoms with Crippen molar-refractivity contribution in [3.05, 3.63) is 0 Å². The molecule has 4 heteroatoms. The minimum Gasteiger partial charge on any atom is -0.383 e. The average molecular weight is 200 g/mol. The molecule has 0 bridgehead atoms. The quantitative estimate of drug-likeness (QED) is 0.641. The van der Waals surface area contributed by atoms with Crippen LogP contribution in [0, 0.1) is 5.92 Å². The van der Waals surface area contributed by atoms with E-state index < -0.39 is 0 Å². The van der Waals surface area contributed by atoms with E-state index in [4.69, 9.17) is 4.74 Å². The van der Waals surface area contributed by atoms with Gasteiger partial charge in [-0.2, -0.15) is 0 Å². The fourth-order valence-electron chi connectivity index (χ4n) is 1.50. The Morgan fingerprint density at radius 2 is 2.36 bits per heavy atom. The van der Waals surface area contributed by atoms with Gasteiger partial charge in [0.2, 0.25) is 5.91 Å². The van der Waals surface area contributed by atoms with Gasteiger partial charge in [-0.1, -0.05) is 6.92 Å². The lowest BCUT2D eigenvalue weighted by Gasteiger charge is -2.27. The third-order valence-corrected chi connectivity index (χ3v) is 2.57. The van der Waals surface area contributed by atoms with Crippen molar-refractivity contribution in [2.45, 2.75) is 25.8 Å². The van der Waals surface area contributed by atoms with Gasteiger partial charge in [-0.25, -0.2) is 0 Å². The van der Waals surface area contributed by atoms with E-state index in [1.165, 1.54) is 0 Å². The van der Waals surface area contributed by atoms with E-state index in [0.29, 0.717) is 18.9 Å². The average Bonchev–Trinajstić information content (AvgIpc) is 2.11. The molecule has 1 amide bonds. The highest BCUT2D eigenvalue weighted by Gasteiger charge is 2.21. The minimum atomic E-state index is 0.153. The third-order valence-electron chi connectivity index (χ3n) is 2.57. The van der Waals surface area contributed by atoms with Gasteiger partial charge in [0.15, 0.2) is 0 Å². The van der Waals surface area contributed by atoms with Crippen molar-refractivity contribution >= 4 is 5.91 Å². The predicted octanol–water partition coefficient (Wildman–Crippen LogP) is 0.137. The maximum Gasteiger partial charge on any atom is 0.220 e. The van der Waals surface area contributed by atoms with Crippen LogP contribution in [-0.4, -0.2) is 38.8 Å². The molecule has 2 N–H and O–H groups in total. The fourth-order valence-corrected chi connectivity index (χ4v) is 1.50. The number of amides is 1. The van der Waals surface area contributed by atoms with Gasteiger partial charge in [0.1, 0.15) is 0 Å². The van der Waals surface area contributed by atoms with E-state index in [1.807, 2.05) is 0 Å². The second-order valence-corrected chi connectivity index (χ2v) is 3.86. The van der Waals surface area contributed by atoms with Gasteiger partial charge in [-0.05, 0) is 25.4 Å². The van der Waals surface area contributed by atoms with E-state index in [-0.39, 0.29) is 11.9 Å². The van der Waals surface area contributed by atoms with Crippen molar-refractivity contribution in [1.82, 2.24) is 10.6 Å². The number of carbonyl (C=O) groups excluding carboxylic acids is 1. The molecular formula is C10H20N2O2. The highest BCUT2D eigenvalue weighted by Crippen LogP contribution is 2.08. The zero-order valence-electron chi connectivity index (χ0n) is 9.01. The maximum atomic E-state index is 11.5. The van der Waals surface area contributed by atoms with Crippen LogP contribution in [0.3, 0.4) is 0 Å². The summed E-state index contributed by atoms with van der Waals surface area (Å²) in [5, 5.41) is 6.13. The summed E-state index contributed by atoms with van der Waals surface area (Å²) < 4.78 is 5.01. The summed E-state index contributed by atoms with van der Waals surface area (Å²) in [6.45, 7) is 4.61. The Balaban J connectivity index is 2.15. The van der Waals surface area contributed by atoms with Gasteiger partial charge in [-0.15, -0.1) is 0 Å². The molecule has 0 aromatic rings. The summed E-state index contributed by atoms with van der Waals surface area (Å²) >= 11 is 0. The second-order valence-electron chi connectivity index (χ2n) is 3.86. The zero-order chi connectivity index (χ0) is 10.4. The predicted molar refractivity (Wildman–Crippen MR) is 55.1 cm³/mol. The van der Waals surface area contributed by atoms with Gasteiger partial charge in [0.25, 0.3) is 0 Å². The zero-order valence-corrected chi connectivity index (χ0v) is 9.01. The molecule has 1 heterocycles. The Labute approximate surface area is 85.4 Å². The highest BCUT2D eigenvalue weighted by molar-refractivity contribution is 5.76. The summed E-state index contributed by atoms with van der Waals surface area (Å²) in [6.07, 6.45) is 1.57. The van der Waals surface area contributed by atoms with Crippen LogP contribution in [0.5, 0.6) is 0 Å². The van der Waals surface area contributed by atoms with Crippen LogP contribution >= 0.6 is 0 Å². The Morgan fingerprint density at radius 3 is 2.79 bits per heavy atom. The smallest absolute Gasteiger partial charge is 0.220 e. The van der Waals surface area contributed by atoms with Crippen LogP contribution in [0.4, 0.5) is 0 Å². The Morgan fingerprint density at radius 1 is 1.64 bits per heavy atom. The maximum absolute atomic E-state index is 11.5. The topological polar surface area (TPSA) is 50.4 Å². The molecule has 1 rings (SSSR count). The molecule has 1 atom stereocenters. The van der Waals surface area contributed by atoms with Crippen molar-refractivity contribution in [2.24, 2.45) is 5.92 Å². The SMILES string of the molecule is CCC(COC)NC(=O)CC1CNC1. The summed E-state index contributed by atoms with van der Waals surface area (Å²) in [5.41, 5.74) is 0. The lowest BCUT2D eigenvalue weighted by atomic mass is 9.99. The largest absolute Gasteiger partial charge is 0.383 e. The van der Waals surface area contributed by atoms with E-state index in [9.17, 15) is 4.79 Å². The number of ether oxygens (including phenoxy) is 1. The summed E-state index contributed by atoms with van der Waals surface area (Å²) in [7, 11) is 1.66. The van der Waals surface area contributed by atoms with E-state index in [0.717, 1.165) is 19.5 Å². The van der Waals surface area contributed by atoms with Gasteiger partial charge < -0.3 is 15.4 Å². The van der Waals surface area contributed by atoms with Crippen LogP contribution in [0.15, 0.2) is 0 Å². The van der Waals surface area contributed by atoms with Gasteiger partial charge >= 0.3 is 0 Å². The Hall–Kier alpha value is -0.610. The van der Waals surface area contributed by atoms with Gasteiger partial charge in [0, 0.05) is 13.5 Å². The lowest BCUT2D eigenvalue weighted by Crippen LogP contribution is -2.46. The van der Waals surface area contributed by atoms with Crippen LogP contribution in [0.2, 0.25) is 0 Å². The van der Waals surface area contributed by atoms with E-state index in [1.54, 1.807) is 7.11 Å². The summed E-state index contributed by atoms with van der Waals surface area (Å²) in [5.74, 6) is 0.690. The van der Waals surface area contributed by atoms with Crippen LogP contribution in [0.25, 0.3) is 0 Å². The molecule has 1 saturated heterocycles.